The molecule has 0 spiro atoms. The normalized spacial score (nSPS) is 37.4. The first-order valence-electron chi connectivity index (χ1n) is 20.2. The Hall–Kier alpha value is -3.18. The van der Waals surface area contributed by atoms with E-state index in [-0.39, 0.29) is 16.8 Å². The number of hydrogen-bond acceptors (Lipinski definition) is 4. The minimum absolute atomic E-state index is 0.0180. The lowest BCUT2D eigenvalue weighted by Crippen LogP contribution is -2.65. The number of carbonyl (C=O) groups excluding carboxylic acids is 1. The molecule has 9 unspecified atom stereocenters. The quantitative estimate of drug-likeness (QED) is 0.154. The van der Waals surface area contributed by atoms with E-state index < -0.39 is 5.97 Å². The van der Waals surface area contributed by atoms with Crippen LogP contribution in [0.15, 0.2) is 66.8 Å². The summed E-state index contributed by atoms with van der Waals surface area (Å²) in [5, 5.41) is 13.5. The number of benzene rings is 2. The topological polar surface area (TPSA) is 75.6 Å². The molecule has 2 aromatic carbocycles. The third kappa shape index (κ3) is 5.66. The summed E-state index contributed by atoms with van der Waals surface area (Å²) in [6.45, 7) is 22.0. The second kappa shape index (κ2) is 13.3. The van der Waals surface area contributed by atoms with Crippen molar-refractivity contribution in [3.05, 3.63) is 89.0 Å². The number of rotatable bonds is 9. The Morgan fingerprint density at radius 1 is 0.846 bits per heavy atom. The van der Waals surface area contributed by atoms with E-state index in [0.717, 1.165) is 31.8 Å². The Morgan fingerprint density at radius 2 is 1.54 bits per heavy atom. The summed E-state index contributed by atoms with van der Waals surface area (Å²) in [6.07, 6.45) is 15.0. The van der Waals surface area contributed by atoms with Crippen molar-refractivity contribution >= 4 is 17.5 Å². The lowest BCUT2D eigenvalue weighted by molar-refractivity contribution is -0.225. The van der Waals surface area contributed by atoms with E-state index in [0.29, 0.717) is 51.0 Å². The summed E-state index contributed by atoms with van der Waals surface area (Å²) in [5.74, 6) is 2.14. The van der Waals surface area contributed by atoms with E-state index in [2.05, 4.69) is 71.6 Å². The second-order valence-electron chi connectivity index (χ2n) is 19.1. The van der Waals surface area contributed by atoms with Gasteiger partial charge in [-0.05, 0) is 175 Å². The molecule has 0 saturated heterocycles. The molecule has 0 radical (unpaired) electrons. The molecule has 5 heteroatoms. The molecule has 5 aliphatic carbocycles. The van der Waals surface area contributed by atoms with Crippen LogP contribution >= 0.6 is 0 Å². The number of hydrogen-bond donors (Lipinski definition) is 2. The molecule has 5 nitrogen and oxygen atoms in total. The number of aromatic carboxylic acids is 1. The fourth-order valence-corrected chi connectivity index (χ4v) is 14.0. The molecule has 0 amide bonds. The molecule has 0 bridgehead atoms. The minimum Gasteiger partial charge on any atom is -0.478 e. The lowest BCUT2D eigenvalue weighted by atomic mass is 9.32. The molecule has 2 N–H and O–H groups in total. The van der Waals surface area contributed by atoms with Crippen LogP contribution in [-0.2, 0) is 11.2 Å². The number of carboxylic acid groups (broad SMARTS) is 1. The molecule has 280 valence electrons. The van der Waals surface area contributed by atoms with Crippen LogP contribution in [-0.4, -0.2) is 37.2 Å². The van der Waals surface area contributed by atoms with Crippen molar-refractivity contribution < 1.29 is 19.4 Å². The Kier molecular flexibility index (Phi) is 9.49. The lowest BCUT2D eigenvalue weighted by Gasteiger charge is -2.72. The summed E-state index contributed by atoms with van der Waals surface area (Å²) in [7, 11) is 1.43. The number of methoxy groups -OCH3 is 1. The van der Waals surface area contributed by atoms with Crippen molar-refractivity contribution in [2.24, 2.45) is 56.7 Å². The van der Waals surface area contributed by atoms with Crippen molar-refractivity contribution in [3.8, 4) is 0 Å². The fourth-order valence-electron chi connectivity index (χ4n) is 14.0. The first-order valence-corrected chi connectivity index (χ1v) is 20.2. The zero-order chi connectivity index (χ0) is 37.3. The smallest absolute Gasteiger partial charge is 0.337 e. The highest BCUT2D eigenvalue weighted by molar-refractivity contribution is 5.89. The molecule has 0 aromatic heterocycles. The van der Waals surface area contributed by atoms with Crippen molar-refractivity contribution in [2.75, 3.05) is 20.2 Å². The van der Waals surface area contributed by atoms with E-state index in [1.165, 1.54) is 80.7 Å². The molecule has 4 saturated carbocycles. The molecule has 0 heterocycles. The molecule has 7 rings (SSSR count). The average molecular weight is 706 g/mol. The maximum absolute atomic E-state index is 11.9. The van der Waals surface area contributed by atoms with Crippen molar-refractivity contribution in [1.82, 2.24) is 5.32 Å². The largest absolute Gasteiger partial charge is 0.478 e. The maximum Gasteiger partial charge on any atom is 0.337 e. The molecule has 52 heavy (non-hydrogen) atoms. The molecular weight excluding hydrogens is 643 g/mol. The van der Waals surface area contributed by atoms with Gasteiger partial charge in [-0.2, -0.15) is 0 Å². The molecule has 5 aliphatic rings. The first-order chi connectivity index (χ1) is 24.6. The predicted molar refractivity (Wildman–Crippen MR) is 210 cm³/mol. The number of esters is 1. The van der Waals surface area contributed by atoms with Crippen LogP contribution in [0.3, 0.4) is 0 Å². The van der Waals surface area contributed by atoms with Gasteiger partial charge in [-0.25, -0.2) is 9.59 Å². The molecule has 2 aromatic rings. The van der Waals surface area contributed by atoms with Crippen LogP contribution in [0.5, 0.6) is 0 Å². The van der Waals surface area contributed by atoms with Gasteiger partial charge in [0.25, 0.3) is 0 Å². The van der Waals surface area contributed by atoms with Gasteiger partial charge in [0.1, 0.15) is 0 Å². The number of allylic oxidation sites excluding steroid dienone is 3. The van der Waals surface area contributed by atoms with Gasteiger partial charge in [-0.3, -0.25) is 0 Å². The third-order valence-electron chi connectivity index (χ3n) is 16.7. The van der Waals surface area contributed by atoms with Gasteiger partial charge in [0.15, 0.2) is 0 Å². The third-order valence-corrected chi connectivity index (χ3v) is 16.7. The summed E-state index contributed by atoms with van der Waals surface area (Å²) in [6, 6.07) is 15.5. The number of carboxylic acids is 1. The molecular formula is C47H63NO4. The molecule has 4 fully saturated rings. The fraction of sp³-hybridized carbons (Fsp3) is 0.617. The van der Waals surface area contributed by atoms with Crippen molar-refractivity contribution in [2.45, 2.75) is 106 Å². The highest BCUT2D eigenvalue weighted by atomic mass is 16.5. The number of nitrogens with one attached hydrogen (secondary N) is 1. The van der Waals surface area contributed by atoms with E-state index in [1.54, 1.807) is 12.1 Å². The van der Waals surface area contributed by atoms with E-state index in [9.17, 15) is 14.7 Å². The van der Waals surface area contributed by atoms with Gasteiger partial charge in [-0.1, -0.05) is 77.1 Å². The predicted octanol–water partition coefficient (Wildman–Crippen LogP) is 10.7. The van der Waals surface area contributed by atoms with Crippen LogP contribution < -0.4 is 5.32 Å². The summed E-state index contributed by atoms with van der Waals surface area (Å²) in [5.41, 5.74) is 7.37. The Balaban J connectivity index is 1.11. The van der Waals surface area contributed by atoms with Crippen molar-refractivity contribution in [3.63, 3.8) is 0 Å². The minimum atomic E-state index is -0.865. The average Bonchev–Trinajstić information content (AvgIpc) is 3.50. The summed E-state index contributed by atoms with van der Waals surface area (Å²) < 4.78 is 4.88. The summed E-state index contributed by atoms with van der Waals surface area (Å²) >= 11 is 0. The molecule has 0 aliphatic heterocycles. The molecule has 9 atom stereocenters. The van der Waals surface area contributed by atoms with E-state index in [4.69, 9.17) is 4.74 Å². The van der Waals surface area contributed by atoms with Gasteiger partial charge >= 0.3 is 11.9 Å². The van der Waals surface area contributed by atoms with Crippen LogP contribution in [0.2, 0.25) is 0 Å². The highest BCUT2D eigenvalue weighted by Gasteiger charge is 2.70. The van der Waals surface area contributed by atoms with Gasteiger partial charge in [0.05, 0.1) is 18.2 Å². The van der Waals surface area contributed by atoms with Gasteiger partial charge in [0.2, 0.25) is 0 Å². The van der Waals surface area contributed by atoms with Crippen LogP contribution in [0.4, 0.5) is 0 Å². The van der Waals surface area contributed by atoms with Crippen LogP contribution in [0.1, 0.15) is 131 Å². The Morgan fingerprint density at radius 3 is 2.19 bits per heavy atom. The number of ether oxygens (including phenoxy) is 1. The van der Waals surface area contributed by atoms with Gasteiger partial charge in [-0.15, -0.1) is 0 Å². The summed E-state index contributed by atoms with van der Waals surface area (Å²) in [4.78, 5) is 23.5. The van der Waals surface area contributed by atoms with E-state index in [1.807, 2.05) is 24.3 Å². The zero-order valence-corrected chi connectivity index (χ0v) is 32.9. The number of carbonyl (C=O) groups is 2. The van der Waals surface area contributed by atoms with E-state index >= 15 is 0 Å². The SMILES string of the molecule is C=C(C)C1CCC2(CNCCc3ccc(C(=O)OC)cc3)CCC3(C)C(CCC4C5(C)CC=C(c6ccc(C(=O)O)cc6)C(C)(C)C5CCC43C)C12. The second-order valence-corrected chi connectivity index (χ2v) is 19.1. The van der Waals surface area contributed by atoms with Crippen molar-refractivity contribution in [1.29, 1.82) is 0 Å². The number of fused-ring (bicyclic) bond motifs is 7. The maximum atomic E-state index is 11.9. The first kappa shape index (κ1) is 37.1. The van der Waals surface area contributed by atoms with Gasteiger partial charge in [0, 0.05) is 6.54 Å². The highest BCUT2D eigenvalue weighted by Crippen LogP contribution is 2.77. The van der Waals surface area contributed by atoms with Crippen LogP contribution in [0.25, 0.3) is 5.57 Å². The van der Waals surface area contributed by atoms with Gasteiger partial charge < -0.3 is 15.2 Å². The zero-order valence-electron chi connectivity index (χ0n) is 32.9. The standard InChI is InChI=1S/C47H63NO4/c1-30(2)35-19-25-47(29-48-28-22-31-9-11-34(12-10-31)42(51)52-8)27-26-45(6)37(40(35)47)17-18-39-44(5)23-20-36(32-13-15-33(16-14-32)41(49)50)43(3,4)38(44)21-24-46(39,45)7/h9-16,20,35,37-40,48H,1,17-19,21-29H2,2-8H3,(H,49,50). The van der Waals surface area contributed by atoms with Crippen LogP contribution in [0, 0.1) is 56.7 Å². The Labute approximate surface area is 313 Å². The monoisotopic (exact) mass is 705 g/mol. The Bertz CT molecular complexity index is 1740.